The van der Waals surface area contributed by atoms with E-state index in [-0.39, 0.29) is 0 Å². The second-order valence-electron chi connectivity index (χ2n) is 5.52. The Hall–Kier alpha value is -1.10. The van der Waals surface area contributed by atoms with Crippen LogP contribution in [0.25, 0.3) is 10.9 Å². The highest BCUT2D eigenvalue weighted by Gasteiger charge is 2.21. The first-order valence-electron chi connectivity index (χ1n) is 7.75. The Labute approximate surface area is 141 Å². The molecule has 4 nitrogen and oxygen atoms in total. The molecule has 0 aliphatic carbocycles. The molecule has 0 spiro atoms. The van der Waals surface area contributed by atoms with Crippen molar-refractivity contribution in [1.82, 2.24) is 14.9 Å². The summed E-state index contributed by atoms with van der Waals surface area (Å²) in [6.07, 6.45) is 0.789. The van der Waals surface area contributed by atoms with Crippen LogP contribution < -0.4 is 4.90 Å². The largest absolute Gasteiger partial charge is 0.353 e. The maximum atomic E-state index is 6.35. The van der Waals surface area contributed by atoms with E-state index >= 15 is 0 Å². The van der Waals surface area contributed by atoms with Gasteiger partial charge in [-0.2, -0.15) is 0 Å². The molecule has 0 atom stereocenters. The zero-order valence-electron chi connectivity index (χ0n) is 12.9. The van der Waals surface area contributed by atoms with E-state index in [1.165, 1.54) is 0 Å². The Bertz CT molecular complexity index is 681. The van der Waals surface area contributed by atoms with Crippen LogP contribution in [0.2, 0.25) is 10.0 Å². The Morgan fingerprint density at radius 2 is 1.77 bits per heavy atom. The highest BCUT2D eigenvalue weighted by atomic mass is 35.5. The molecule has 0 radical (unpaired) electrons. The average molecular weight is 339 g/mol. The molecule has 118 valence electrons. The third-order valence-electron chi connectivity index (χ3n) is 4.18. The van der Waals surface area contributed by atoms with Crippen molar-refractivity contribution in [3.63, 3.8) is 0 Å². The second-order valence-corrected chi connectivity index (χ2v) is 6.37. The SMILES string of the molecule is CCc1nc(N2CCN(CC)CC2)c2cc(Cl)cc(Cl)c2n1. The first-order valence-corrected chi connectivity index (χ1v) is 8.51. The summed E-state index contributed by atoms with van der Waals surface area (Å²) in [5, 5.41) is 2.16. The van der Waals surface area contributed by atoms with Gasteiger partial charge in [0.1, 0.15) is 11.6 Å². The molecule has 1 aromatic carbocycles. The molecule has 1 aromatic heterocycles. The minimum Gasteiger partial charge on any atom is -0.353 e. The molecule has 22 heavy (non-hydrogen) atoms. The molecule has 0 bridgehead atoms. The van der Waals surface area contributed by atoms with E-state index in [2.05, 4.69) is 28.6 Å². The smallest absolute Gasteiger partial charge is 0.140 e. The van der Waals surface area contributed by atoms with Gasteiger partial charge in [-0.05, 0) is 18.7 Å². The lowest BCUT2D eigenvalue weighted by molar-refractivity contribution is 0.270. The fraction of sp³-hybridized carbons (Fsp3) is 0.500. The topological polar surface area (TPSA) is 32.3 Å². The number of benzene rings is 1. The first kappa shape index (κ1) is 15.8. The molecule has 1 aliphatic rings. The van der Waals surface area contributed by atoms with Crippen LogP contribution in [0.3, 0.4) is 0 Å². The fourth-order valence-corrected chi connectivity index (χ4v) is 3.40. The standard InChI is InChI=1S/C16H20Cl2N4/c1-3-14-19-15-12(9-11(17)10-13(15)18)16(20-14)22-7-5-21(4-2)6-8-22/h9-10H,3-8H2,1-2H3. The van der Waals surface area contributed by atoms with Crippen LogP contribution in [0.1, 0.15) is 19.7 Å². The van der Waals surface area contributed by atoms with Gasteiger partial charge in [0, 0.05) is 43.0 Å². The molecular formula is C16H20Cl2N4. The number of hydrogen-bond acceptors (Lipinski definition) is 4. The van der Waals surface area contributed by atoms with Gasteiger partial charge in [0.2, 0.25) is 0 Å². The summed E-state index contributed by atoms with van der Waals surface area (Å²) < 4.78 is 0. The third-order valence-corrected chi connectivity index (χ3v) is 4.69. The Morgan fingerprint density at radius 3 is 2.41 bits per heavy atom. The number of anilines is 1. The van der Waals surface area contributed by atoms with Gasteiger partial charge >= 0.3 is 0 Å². The van der Waals surface area contributed by atoms with Crippen molar-refractivity contribution < 1.29 is 0 Å². The van der Waals surface area contributed by atoms with Gasteiger partial charge in [0.05, 0.1) is 10.5 Å². The van der Waals surface area contributed by atoms with Crippen LogP contribution in [0, 0.1) is 0 Å². The predicted molar refractivity (Wildman–Crippen MR) is 93.3 cm³/mol. The number of piperazine rings is 1. The molecule has 2 heterocycles. The Balaban J connectivity index is 2.07. The quantitative estimate of drug-likeness (QED) is 0.855. The fourth-order valence-electron chi connectivity index (χ4n) is 2.86. The lowest BCUT2D eigenvalue weighted by atomic mass is 10.2. The van der Waals surface area contributed by atoms with E-state index < -0.39 is 0 Å². The van der Waals surface area contributed by atoms with Crippen molar-refractivity contribution in [3.05, 3.63) is 28.0 Å². The third kappa shape index (κ3) is 3.00. The lowest BCUT2D eigenvalue weighted by Crippen LogP contribution is -2.46. The maximum Gasteiger partial charge on any atom is 0.140 e. The summed E-state index contributed by atoms with van der Waals surface area (Å²) in [6, 6.07) is 3.67. The molecule has 0 amide bonds. The molecule has 0 N–H and O–H groups in total. The van der Waals surface area contributed by atoms with Gasteiger partial charge < -0.3 is 9.80 Å². The van der Waals surface area contributed by atoms with Crippen LogP contribution >= 0.6 is 23.2 Å². The number of aryl methyl sites for hydroxylation is 1. The first-order chi connectivity index (χ1) is 10.6. The number of rotatable bonds is 3. The summed E-state index contributed by atoms with van der Waals surface area (Å²) in [7, 11) is 0. The monoisotopic (exact) mass is 338 g/mol. The molecule has 0 unspecified atom stereocenters. The summed E-state index contributed by atoms with van der Waals surface area (Å²) in [4.78, 5) is 14.1. The van der Waals surface area contributed by atoms with Crippen molar-refractivity contribution in [2.45, 2.75) is 20.3 Å². The van der Waals surface area contributed by atoms with Gasteiger partial charge in [-0.3, -0.25) is 0 Å². The molecule has 0 saturated carbocycles. The number of halogens is 2. The molecule has 3 rings (SSSR count). The highest BCUT2D eigenvalue weighted by Crippen LogP contribution is 2.32. The summed E-state index contributed by atoms with van der Waals surface area (Å²) in [6.45, 7) is 9.39. The van der Waals surface area contributed by atoms with Gasteiger partial charge in [-0.25, -0.2) is 9.97 Å². The van der Waals surface area contributed by atoms with E-state index in [0.29, 0.717) is 10.0 Å². The molecule has 1 saturated heterocycles. The van der Waals surface area contributed by atoms with E-state index in [9.17, 15) is 0 Å². The minimum absolute atomic E-state index is 0.591. The van der Waals surface area contributed by atoms with Crippen molar-refractivity contribution in [2.24, 2.45) is 0 Å². The lowest BCUT2D eigenvalue weighted by Gasteiger charge is -2.35. The van der Waals surface area contributed by atoms with Crippen molar-refractivity contribution in [2.75, 3.05) is 37.6 Å². The molecule has 2 aromatic rings. The highest BCUT2D eigenvalue weighted by molar-refractivity contribution is 6.38. The number of nitrogens with zero attached hydrogens (tertiary/aromatic N) is 4. The van der Waals surface area contributed by atoms with E-state index in [4.69, 9.17) is 28.2 Å². The van der Waals surface area contributed by atoms with E-state index in [1.54, 1.807) is 6.07 Å². The van der Waals surface area contributed by atoms with Crippen LogP contribution in [0.4, 0.5) is 5.82 Å². The number of likely N-dealkylation sites (N-methyl/N-ethyl adjacent to an activating group) is 1. The second kappa shape index (κ2) is 6.57. The zero-order chi connectivity index (χ0) is 15.7. The van der Waals surface area contributed by atoms with Crippen LogP contribution in [0.5, 0.6) is 0 Å². The van der Waals surface area contributed by atoms with Gasteiger partial charge in [0.15, 0.2) is 0 Å². The Morgan fingerprint density at radius 1 is 1.05 bits per heavy atom. The number of aromatic nitrogens is 2. The predicted octanol–water partition coefficient (Wildman–Crippen LogP) is 3.64. The van der Waals surface area contributed by atoms with Crippen molar-refractivity contribution >= 4 is 39.9 Å². The minimum atomic E-state index is 0.591. The number of hydrogen-bond donors (Lipinski definition) is 0. The van der Waals surface area contributed by atoms with Crippen LogP contribution in [-0.2, 0) is 6.42 Å². The maximum absolute atomic E-state index is 6.35. The molecule has 1 fully saturated rings. The zero-order valence-corrected chi connectivity index (χ0v) is 14.5. The van der Waals surface area contributed by atoms with E-state index in [1.807, 2.05) is 6.07 Å². The van der Waals surface area contributed by atoms with Gasteiger partial charge in [-0.15, -0.1) is 0 Å². The van der Waals surface area contributed by atoms with Crippen LogP contribution in [0.15, 0.2) is 12.1 Å². The average Bonchev–Trinajstić information content (AvgIpc) is 2.54. The number of fused-ring (bicyclic) bond motifs is 1. The summed E-state index contributed by atoms with van der Waals surface area (Å²) in [5.41, 5.74) is 0.797. The van der Waals surface area contributed by atoms with Gasteiger partial charge in [0.25, 0.3) is 0 Å². The summed E-state index contributed by atoms with van der Waals surface area (Å²) in [5.74, 6) is 1.78. The summed E-state index contributed by atoms with van der Waals surface area (Å²) >= 11 is 12.5. The van der Waals surface area contributed by atoms with Gasteiger partial charge in [-0.1, -0.05) is 37.0 Å². The molecule has 1 aliphatic heterocycles. The van der Waals surface area contributed by atoms with E-state index in [0.717, 1.165) is 61.7 Å². The van der Waals surface area contributed by atoms with Crippen LogP contribution in [-0.4, -0.2) is 47.6 Å². The molecule has 6 heteroatoms. The van der Waals surface area contributed by atoms with Crippen molar-refractivity contribution in [1.29, 1.82) is 0 Å². The van der Waals surface area contributed by atoms with Crippen molar-refractivity contribution in [3.8, 4) is 0 Å². The molecular weight excluding hydrogens is 319 g/mol. The Kier molecular flexibility index (Phi) is 4.71. The normalized spacial score (nSPS) is 16.5.